The van der Waals surface area contributed by atoms with E-state index in [-0.39, 0.29) is 23.9 Å². The van der Waals surface area contributed by atoms with Gasteiger partial charge in [0, 0.05) is 55.3 Å². The number of ketones is 2. The molecule has 2 bridgehead atoms. The van der Waals surface area contributed by atoms with Crippen molar-refractivity contribution in [2.24, 2.45) is 34.0 Å². The molecule has 0 radical (unpaired) electrons. The van der Waals surface area contributed by atoms with Gasteiger partial charge in [-0.1, -0.05) is 27.4 Å². The van der Waals surface area contributed by atoms with Gasteiger partial charge in [-0.15, -0.1) is 0 Å². The van der Waals surface area contributed by atoms with Gasteiger partial charge >= 0.3 is 17.9 Å². The second-order valence-electron chi connectivity index (χ2n) is 11.6. The molecule has 0 saturated heterocycles. The van der Waals surface area contributed by atoms with E-state index < -0.39 is 70.4 Å². The predicted molar refractivity (Wildman–Crippen MR) is 120 cm³/mol. The molecule has 192 valence electrons. The van der Waals surface area contributed by atoms with E-state index >= 15 is 0 Å². The minimum absolute atomic E-state index is 0.0782. The molecule has 1 spiro atoms. The molecule has 0 amide bonds. The Morgan fingerprint density at radius 3 is 2.09 bits per heavy atom. The molecule has 0 aromatic carbocycles. The predicted octanol–water partition coefficient (Wildman–Crippen LogP) is 1.93. The smallest absolute Gasteiger partial charge is 0.303 e. The summed E-state index contributed by atoms with van der Waals surface area (Å²) in [5, 5.41) is 11.9. The van der Waals surface area contributed by atoms with Crippen LogP contribution in [0.25, 0.3) is 0 Å². The summed E-state index contributed by atoms with van der Waals surface area (Å²) in [6.45, 7) is 12.8. The normalized spacial score (nSPS) is 43.6. The minimum atomic E-state index is -1.48. The van der Waals surface area contributed by atoms with Crippen LogP contribution in [-0.2, 0) is 38.2 Å². The van der Waals surface area contributed by atoms with Gasteiger partial charge in [0.15, 0.2) is 11.9 Å². The first kappa shape index (κ1) is 25.5. The van der Waals surface area contributed by atoms with E-state index in [9.17, 15) is 29.1 Å². The molecule has 4 aliphatic carbocycles. The zero-order valence-electron chi connectivity index (χ0n) is 21.1. The zero-order chi connectivity index (χ0) is 26.2. The first-order valence-electron chi connectivity index (χ1n) is 12.0. The Bertz CT molecular complexity index is 1030. The number of hydrogen-bond donors (Lipinski definition) is 1. The van der Waals surface area contributed by atoms with Crippen molar-refractivity contribution in [3.63, 3.8) is 0 Å². The molecular weight excluding hydrogens is 456 g/mol. The third kappa shape index (κ3) is 3.41. The lowest BCUT2D eigenvalue weighted by Crippen LogP contribution is -2.75. The quantitative estimate of drug-likeness (QED) is 0.358. The molecule has 0 aromatic rings. The number of allylic oxidation sites excluding steroid dienone is 1. The molecule has 4 rings (SSSR count). The van der Waals surface area contributed by atoms with Crippen molar-refractivity contribution in [1.82, 2.24) is 0 Å². The van der Waals surface area contributed by atoms with E-state index in [1.54, 1.807) is 20.8 Å². The molecule has 9 atom stereocenters. The lowest BCUT2D eigenvalue weighted by atomic mass is 9.38. The van der Waals surface area contributed by atoms with Gasteiger partial charge in [-0.25, -0.2) is 0 Å². The maximum absolute atomic E-state index is 13.9. The summed E-state index contributed by atoms with van der Waals surface area (Å²) in [6.07, 6.45) is -3.95. The van der Waals surface area contributed by atoms with Crippen LogP contribution in [0.3, 0.4) is 0 Å². The van der Waals surface area contributed by atoms with Gasteiger partial charge in [-0.2, -0.15) is 0 Å². The second-order valence-corrected chi connectivity index (χ2v) is 11.6. The van der Waals surface area contributed by atoms with Crippen LogP contribution >= 0.6 is 0 Å². The maximum Gasteiger partial charge on any atom is 0.303 e. The Labute approximate surface area is 204 Å². The van der Waals surface area contributed by atoms with Crippen molar-refractivity contribution in [2.75, 3.05) is 0 Å². The van der Waals surface area contributed by atoms with Crippen molar-refractivity contribution in [3.05, 3.63) is 12.2 Å². The monoisotopic (exact) mass is 490 g/mol. The SMILES string of the molecule is C=C1C(=O)C23CC(=O)C4C(C)(C)C(OC(C)=O)C(OC(C)=O)C(O)C4(C)C2C(OC(C)=O)CC1C3. The summed E-state index contributed by atoms with van der Waals surface area (Å²) >= 11 is 0. The van der Waals surface area contributed by atoms with Gasteiger partial charge < -0.3 is 19.3 Å². The zero-order valence-corrected chi connectivity index (χ0v) is 21.1. The molecule has 1 N–H and O–H groups in total. The van der Waals surface area contributed by atoms with Crippen LogP contribution in [0.1, 0.15) is 60.8 Å². The highest BCUT2D eigenvalue weighted by atomic mass is 16.6. The average Bonchev–Trinajstić information content (AvgIpc) is 2.88. The number of Topliss-reactive ketones (excluding diaryl/α,β-unsaturated/α-hetero) is 2. The van der Waals surface area contributed by atoms with E-state index in [1.807, 2.05) is 0 Å². The van der Waals surface area contributed by atoms with Gasteiger partial charge in [0.25, 0.3) is 0 Å². The molecule has 9 nitrogen and oxygen atoms in total. The molecule has 4 fully saturated rings. The Kier molecular flexibility index (Phi) is 5.82. The molecule has 0 heterocycles. The third-order valence-electron chi connectivity index (χ3n) is 9.07. The van der Waals surface area contributed by atoms with Crippen LogP contribution in [0, 0.1) is 34.0 Å². The topological polar surface area (TPSA) is 133 Å². The van der Waals surface area contributed by atoms with Gasteiger partial charge in [0.1, 0.15) is 24.1 Å². The number of esters is 3. The van der Waals surface area contributed by atoms with Crippen molar-refractivity contribution >= 4 is 29.5 Å². The van der Waals surface area contributed by atoms with Crippen LogP contribution < -0.4 is 0 Å². The highest BCUT2D eigenvalue weighted by molar-refractivity contribution is 6.06. The second kappa shape index (κ2) is 7.98. The summed E-state index contributed by atoms with van der Waals surface area (Å²) < 4.78 is 16.9. The lowest BCUT2D eigenvalue weighted by Gasteiger charge is -2.66. The largest absolute Gasteiger partial charge is 0.462 e. The number of carbonyl (C=O) groups excluding carboxylic acids is 5. The van der Waals surface area contributed by atoms with Gasteiger partial charge in [-0.3, -0.25) is 24.0 Å². The molecule has 4 saturated carbocycles. The maximum atomic E-state index is 13.9. The molecule has 0 aromatic heterocycles. The Morgan fingerprint density at radius 2 is 1.54 bits per heavy atom. The number of aliphatic hydroxyl groups excluding tert-OH is 1. The summed E-state index contributed by atoms with van der Waals surface area (Å²) in [4.78, 5) is 63.8. The standard InChI is InChI=1S/C26H34O9/c1-11-15-8-17(33-12(2)27)20-25(7)19(16(30)10-26(20,9-15)21(11)31)24(5,6)23(35-14(4)29)18(22(25)32)34-13(3)28/h15,17-20,22-23,32H,1,8-10H2,2-7H3. The Balaban J connectivity index is 1.95. The van der Waals surface area contributed by atoms with Crippen molar-refractivity contribution in [3.8, 4) is 0 Å². The van der Waals surface area contributed by atoms with Gasteiger partial charge in [0.05, 0.1) is 0 Å². The number of ether oxygens (including phenoxy) is 3. The summed E-state index contributed by atoms with van der Waals surface area (Å²) in [6, 6.07) is 0. The van der Waals surface area contributed by atoms with Gasteiger partial charge in [0.2, 0.25) is 0 Å². The molecule has 35 heavy (non-hydrogen) atoms. The fourth-order valence-corrected chi connectivity index (χ4v) is 8.35. The summed E-state index contributed by atoms with van der Waals surface area (Å²) in [5.41, 5.74) is -3.16. The first-order valence-corrected chi connectivity index (χ1v) is 12.0. The van der Waals surface area contributed by atoms with Crippen molar-refractivity contribution in [1.29, 1.82) is 0 Å². The van der Waals surface area contributed by atoms with Crippen LogP contribution in [-0.4, -0.2) is 59.0 Å². The number of fused-ring (bicyclic) bond motifs is 3. The highest BCUT2D eigenvalue weighted by Crippen LogP contribution is 2.71. The molecule has 9 heteroatoms. The molecule has 4 aliphatic rings. The van der Waals surface area contributed by atoms with Crippen molar-refractivity contribution < 1.29 is 43.3 Å². The number of aliphatic hydroxyl groups is 1. The van der Waals surface area contributed by atoms with E-state index in [4.69, 9.17) is 14.2 Å². The number of carbonyl (C=O) groups is 5. The first-order chi connectivity index (χ1) is 16.1. The van der Waals surface area contributed by atoms with Crippen LogP contribution in [0.5, 0.6) is 0 Å². The van der Waals surface area contributed by atoms with E-state index in [0.717, 1.165) is 0 Å². The summed E-state index contributed by atoms with van der Waals surface area (Å²) in [5.74, 6) is -4.14. The van der Waals surface area contributed by atoms with E-state index in [2.05, 4.69) is 6.58 Å². The van der Waals surface area contributed by atoms with E-state index in [1.165, 1.54) is 20.8 Å². The van der Waals surface area contributed by atoms with Gasteiger partial charge in [-0.05, 0) is 24.3 Å². The third-order valence-corrected chi connectivity index (χ3v) is 9.07. The Hall–Kier alpha value is -2.55. The highest BCUT2D eigenvalue weighted by Gasteiger charge is 2.77. The fraction of sp³-hybridized carbons (Fsp3) is 0.731. The number of hydrogen-bond acceptors (Lipinski definition) is 9. The van der Waals surface area contributed by atoms with E-state index in [0.29, 0.717) is 18.4 Å². The average molecular weight is 491 g/mol. The van der Waals surface area contributed by atoms with Crippen LogP contribution in [0.2, 0.25) is 0 Å². The molecular formula is C26H34O9. The fourth-order valence-electron chi connectivity index (χ4n) is 8.35. The lowest BCUT2D eigenvalue weighted by molar-refractivity contribution is -0.277. The van der Waals surface area contributed by atoms with Crippen molar-refractivity contribution in [2.45, 2.75) is 85.2 Å². The van der Waals surface area contributed by atoms with Crippen LogP contribution in [0.15, 0.2) is 12.2 Å². The Morgan fingerprint density at radius 1 is 0.971 bits per heavy atom. The molecule has 9 unspecified atom stereocenters. The molecule has 0 aliphatic heterocycles. The van der Waals surface area contributed by atoms with Crippen LogP contribution in [0.4, 0.5) is 0 Å². The summed E-state index contributed by atoms with van der Waals surface area (Å²) in [7, 11) is 0. The minimum Gasteiger partial charge on any atom is -0.462 e. The number of rotatable bonds is 3.